The molecule has 1 fully saturated rings. The van der Waals surface area contributed by atoms with Crippen LogP contribution in [0.2, 0.25) is 0 Å². The molecule has 1 aliphatic heterocycles. The van der Waals surface area contributed by atoms with Crippen LogP contribution in [0.15, 0.2) is 18.2 Å². The normalized spacial score (nSPS) is 19.5. The predicted molar refractivity (Wildman–Crippen MR) is 79.2 cm³/mol. The predicted octanol–water partition coefficient (Wildman–Crippen LogP) is 3.43. The zero-order valence-corrected chi connectivity index (χ0v) is 12.4. The first-order valence-electron chi connectivity index (χ1n) is 7.09. The minimum absolute atomic E-state index is 0.117. The molecule has 118 valence electrons. The van der Waals surface area contributed by atoms with E-state index in [9.17, 15) is 13.2 Å². The molecular weight excluding hydrogens is 279 g/mol. The van der Waals surface area contributed by atoms with Crippen LogP contribution in [0.5, 0.6) is 0 Å². The van der Waals surface area contributed by atoms with Crippen LogP contribution >= 0.6 is 0 Å². The van der Waals surface area contributed by atoms with Gasteiger partial charge < -0.3 is 16.0 Å². The molecule has 0 aromatic heterocycles. The molecule has 1 saturated heterocycles. The van der Waals surface area contributed by atoms with Gasteiger partial charge in [-0.2, -0.15) is 13.2 Å². The third-order valence-electron chi connectivity index (χ3n) is 4.27. The maximum Gasteiger partial charge on any atom is 0.418 e. The number of nitrogen functional groups attached to an aromatic ring is 1. The minimum Gasteiger partial charge on any atom is -0.398 e. The highest BCUT2D eigenvalue weighted by Gasteiger charge is 2.33. The van der Waals surface area contributed by atoms with Gasteiger partial charge in [-0.05, 0) is 56.6 Å². The second kappa shape index (κ2) is 5.75. The van der Waals surface area contributed by atoms with Crippen LogP contribution in [0.1, 0.15) is 25.3 Å². The monoisotopic (exact) mass is 301 g/mol. The molecule has 0 atom stereocenters. The molecule has 0 unspecified atom stereocenters. The molecule has 0 radical (unpaired) electrons. The number of halogens is 3. The van der Waals surface area contributed by atoms with E-state index >= 15 is 0 Å². The van der Waals surface area contributed by atoms with Crippen molar-refractivity contribution < 1.29 is 13.2 Å². The number of hydrogen-bond acceptors (Lipinski definition) is 3. The summed E-state index contributed by atoms with van der Waals surface area (Å²) < 4.78 is 38.5. The number of benzene rings is 1. The first-order valence-corrected chi connectivity index (χ1v) is 7.09. The number of nitrogens with two attached hydrogens (primary N) is 1. The molecule has 0 aliphatic carbocycles. The smallest absolute Gasteiger partial charge is 0.398 e. The van der Waals surface area contributed by atoms with Crippen LogP contribution in [0.3, 0.4) is 0 Å². The van der Waals surface area contributed by atoms with Crippen molar-refractivity contribution in [2.75, 3.05) is 37.7 Å². The molecule has 0 amide bonds. The Hall–Kier alpha value is -1.43. The molecule has 3 N–H and O–H groups in total. The summed E-state index contributed by atoms with van der Waals surface area (Å²) in [7, 11) is 2.09. The number of likely N-dealkylation sites (tertiary alicyclic amines) is 1. The van der Waals surface area contributed by atoms with E-state index in [-0.39, 0.29) is 11.1 Å². The lowest BCUT2D eigenvalue weighted by Gasteiger charge is -2.38. The summed E-state index contributed by atoms with van der Waals surface area (Å²) in [6.45, 7) is 4.89. The standard InChI is InChI=1S/C15H22F3N3/c1-14(5-7-21(2)8-6-14)10-20-11-3-4-13(19)12(9-11)15(16,17)18/h3-4,9,20H,5-8,10,19H2,1-2H3. The molecule has 1 heterocycles. The SMILES string of the molecule is CN1CCC(C)(CNc2ccc(N)c(C(F)(F)F)c2)CC1. The molecule has 21 heavy (non-hydrogen) atoms. The summed E-state index contributed by atoms with van der Waals surface area (Å²) in [5.74, 6) is 0. The van der Waals surface area contributed by atoms with Crippen LogP contribution in [0, 0.1) is 5.41 Å². The average Bonchev–Trinajstić information content (AvgIpc) is 2.40. The molecular formula is C15H22F3N3. The Morgan fingerprint density at radius 2 is 1.90 bits per heavy atom. The zero-order chi connectivity index (χ0) is 15.7. The van der Waals surface area contributed by atoms with Gasteiger partial charge >= 0.3 is 6.18 Å². The van der Waals surface area contributed by atoms with Gasteiger partial charge in [0, 0.05) is 17.9 Å². The van der Waals surface area contributed by atoms with Crippen LogP contribution in [-0.4, -0.2) is 31.6 Å². The van der Waals surface area contributed by atoms with Crippen molar-refractivity contribution in [2.45, 2.75) is 25.9 Å². The quantitative estimate of drug-likeness (QED) is 0.840. The van der Waals surface area contributed by atoms with E-state index in [1.165, 1.54) is 6.07 Å². The third-order valence-corrected chi connectivity index (χ3v) is 4.27. The highest BCUT2D eigenvalue weighted by molar-refractivity contribution is 5.58. The van der Waals surface area contributed by atoms with Gasteiger partial charge in [-0.1, -0.05) is 6.92 Å². The van der Waals surface area contributed by atoms with Crippen molar-refractivity contribution in [1.29, 1.82) is 0 Å². The van der Waals surface area contributed by atoms with Crippen molar-refractivity contribution in [3.05, 3.63) is 23.8 Å². The number of alkyl halides is 3. The van der Waals surface area contributed by atoms with Crippen molar-refractivity contribution >= 4 is 11.4 Å². The van der Waals surface area contributed by atoms with E-state index in [0.29, 0.717) is 12.2 Å². The number of hydrogen-bond donors (Lipinski definition) is 2. The van der Waals surface area contributed by atoms with E-state index in [0.717, 1.165) is 32.0 Å². The Balaban J connectivity index is 2.04. The van der Waals surface area contributed by atoms with Crippen molar-refractivity contribution in [2.24, 2.45) is 5.41 Å². The van der Waals surface area contributed by atoms with E-state index in [1.54, 1.807) is 6.07 Å². The first-order chi connectivity index (χ1) is 9.70. The topological polar surface area (TPSA) is 41.3 Å². The maximum absolute atomic E-state index is 12.8. The summed E-state index contributed by atoms with van der Waals surface area (Å²) in [5.41, 5.74) is 4.97. The summed E-state index contributed by atoms with van der Waals surface area (Å²) in [6, 6.07) is 4.00. The molecule has 0 saturated carbocycles. The van der Waals surface area contributed by atoms with Gasteiger partial charge in [-0.15, -0.1) is 0 Å². The molecule has 3 nitrogen and oxygen atoms in total. The minimum atomic E-state index is -4.42. The molecule has 1 aliphatic rings. The van der Waals surface area contributed by atoms with Gasteiger partial charge in [0.25, 0.3) is 0 Å². The van der Waals surface area contributed by atoms with E-state index in [4.69, 9.17) is 5.73 Å². The fourth-order valence-electron chi connectivity index (χ4n) is 2.56. The van der Waals surface area contributed by atoms with Crippen molar-refractivity contribution in [3.8, 4) is 0 Å². The molecule has 1 aromatic carbocycles. The van der Waals surface area contributed by atoms with E-state index < -0.39 is 11.7 Å². The second-order valence-corrected chi connectivity index (χ2v) is 6.27. The van der Waals surface area contributed by atoms with Gasteiger partial charge in [-0.25, -0.2) is 0 Å². The Morgan fingerprint density at radius 3 is 2.48 bits per heavy atom. The van der Waals surface area contributed by atoms with Gasteiger partial charge in [0.15, 0.2) is 0 Å². The fraction of sp³-hybridized carbons (Fsp3) is 0.600. The van der Waals surface area contributed by atoms with Gasteiger partial charge in [0.2, 0.25) is 0 Å². The summed E-state index contributed by atoms with van der Waals surface area (Å²) in [6.07, 6.45) is -2.34. The summed E-state index contributed by atoms with van der Waals surface area (Å²) in [4.78, 5) is 2.27. The van der Waals surface area contributed by atoms with Gasteiger partial charge in [-0.3, -0.25) is 0 Å². The number of anilines is 2. The highest BCUT2D eigenvalue weighted by atomic mass is 19.4. The van der Waals surface area contributed by atoms with E-state index in [2.05, 4.69) is 24.2 Å². The van der Waals surface area contributed by atoms with Gasteiger partial charge in [0.1, 0.15) is 0 Å². The first kappa shape index (κ1) is 15.9. The number of piperidine rings is 1. The largest absolute Gasteiger partial charge is 0.418 e. The molecule has 2 rings (SSSR count). The molecule has 0 bridgehead atoms. The Kier molecular flexibility index (Phi) is 4.37. The lowest BCUT2D eigenvalue weighted by molar-refractivity contribution is -0.136. The highest BCUT2D eigenvalue weighted by Crippen LogP contribution is 2.36. The lowest BCUT2D eigenvalue weighted by Crippen LogP contribution is -2.40. The third kappa shape index (κ3) is 4.03. The lowest BCUT2D eigenvalue weighted by atomic mass is 9.80. The number of nitrogens with zero attached hydrogens (tertiary/aromatic N) is 1. The number of rotatable bonds is 3. The average molecular weight is 301 g/mol. The van der Waals surface area contributed by atoms with Crippen LogP contribution < -0.4 is 11.1 Å². The second-order valence-electron chi connectivity index (χ2n) is 6.27. The Bertz CT molecular complexity index is 491. The summed E-state index contributed by atoms with van der Waals surface area (Å²) >= 11 is 0. The number of nitrogens with one attached hydrogen (secondary N) is 1. The Labute approximate surface area is 123 Å². The molecule has 1 aromatic rings. The Morgan fingerprint density at radius 1 is 1.29 bits per heavy atom. The van der Waals surface area contributed by atoms with Crippen molar-refractivity contribution in [1.82, 2.24) is 4.90 Å². The van der Waals surface area contributed by atoms with Gasteiger partial charge in [0.05, 0.1) is 5.56 Å². The molecule has 0 spiro atoms. The van der Waals surface area contributed by atoms with Crippen LogP contribution in [0.4, 0.5) is 24.5 Å². The van der Waals surface area contributed by atoms with E-state index in [1.807, 2.05) is 0 Å². The van der Waals surface area contributed by atoms with Crippen LogP contribution in [0.25, 0.3) is 0 Å². The molecule has 6 heteroatoms. The van der Waals surface area contributed by atoms with Crippen LogP contribution in [-0.2, 0) is 6.18 Å². The summed E-state index contributed by atoms with van der Waals surface area (Å²) in [5, 5.41) is 3.14. The fourth-order valence-corrected chi connectivity index (χ4v) is 2.56. The van der Waals surface area contributed by atoms with Crippen molar-refractivity contribution in [3.63, 3.8) is 0 Å². The maximum atomic E-state index is 12.8. The zero-order valence-electron chi connectivity index (χ0n) is 12.4.